The fourth-order valence-electron chi connectivity index (χ4n) is 2.43. The molecular formula is C21H22N2O6. The maximum atomic E-state index is 12.5. The van der Waals surface area contributed by atoms with E-state index in [4.69, 9.17) is 4.74 Å². The van der Waals surface area contributed by atoms with Crippen LogP contribution < -0.4 is 10.6 Å². The minimum absolute atomic E-state index is 0.101. The van der Waals surface area contributed by atoms with Gasteiger partial charge in [0.1, 0.15) is 6.04 Å². The van der Waals surface area contributed by atoms with E-state index in [1.165, 1.54) is 0 Å². The van der Waals surface area contributed by atoms with Crippen LogP contribution in [0, 0.1) is 0 Å². The number of alkyl carbamates (subject to hydrolysis) is 1. The first-order valence-electron chi connectivity index (χ1n) is 9.02. The molecule has 0 radical (unpaired) electrons. The van der Waals surface area contributed by atoms with Crippen LogP contribution in [0.15, 0.2) is 60.7 Å². The zero-order valence-corrected chi connectivity index (χ0v) is 15.9. The molecule has 0 saturated heterocycles. The maximum Gasteiger partial charge on any atom is 0.413 e. The normalized spacial score (nSPS) is 11.1. The zero-order valence-electron chi connectivity index (χ0n) is 15.9. The molecule has 2 rings (SSSR count). The summed E-state index contributed by atoms with van der Waals surface area (Å²) in [7, 11) is 0. The Bertz CT molecular complexity index is 839. The summed E-state index contributed by atoms with van der Waals surface area (Å²) in [4.78, 5) is 47.8. The van der Waals surface area contributed by atoms with Crippen LogP contribution in [-0.2, 0) is 25.5 Å². The largest absolute Gasteiger partial charge is 0.454 e. The Balaban J connectivity index is 2.01. The van der Waals surface area contributed by atoms with Gasteiger partial charge in [0.2, 0.25) is 0 Å². The highest BCUT2D eigenvalue weighted by atomic mass is 16.6. The van der Waals surface area contributed by atoms with E-state index in [1.54, 1.807) is 37.3 Å². The summed E-state index contributed by atoms with van der Waals surface area (Å²) in [5.41, 5.74) is 1.19. The number of hydrogen-bond acceptors (Lipinski definition) is 6. The molecule has 8 heteroatoms. The summed E-state index contributed by atoms with van der Waals surface area (Å²) >= 11 is 0. The second-order valence-corrected chi connectivity index (χ2v) is 5.96. The minimum atomic E-state index is -1.01. The summed E-state index contributed by atoms with van der Waals surface area (Å²) in [6.45, 7) is 1.02. The van der Waals surface area contributed by atoms with Crippen molar-refractivity contribution in [3.63, 3.8) is 0 Å². The lowest BCUT2D eigenvalue weighted by Gasteiger charge is -2.18. The number of benzene rings is 2. The van der Waals surface area contributed by atoms with Crippen molar-refractivity contribution in [2.45, 2.75) is 19.4 Å². The van der Waals surface area contributed by atoms with Gasteiger partial charge in [-0.2, -0.15) is 0 Å². The molecule has 0 unspecified atom stereocenters. The molecule has 0 fully saturated rings. The van der Waals surface area contributed by atoms with E-state index >= 15 is 0 Å². The Morgan fingerprint density at radius 1 is 0.897 bits per heavy atom. The topological polar surface area (TPSA) is 111 Å². The van der Waals surface area contributed by atoms with Crippen molar-refractivity contribution >= 4 is 23.9 Å². The van der Waals surface area contributed by atoms with Crippen LogP contribution in [0.2, 0.25) is 0 Å². The van der Waals surface area contributed by atoms with Crippen molar-refractivity contribution in [3.8, 4) is 0 Å². The zero-order chi connectivity index (χ0) is 21.1. The Labute approximate surface area is 168 Å². The van der Waals surface area contributed by atoms with Crippen LogP contribution in [0.1, 0.15) is 22.8 Å². The summed E-state index contributed by atoms with van der Waals surface area (Å²) in [6, 6.07) is 16.5. The van der Waals surface area contributed by atoms with Crippen molar-refractivity contribution in [2.75, 3.05) is 13.2 Å². The van der Waals surface area contributed by atoms with E-state index in [0.29, 0.717) is 5.56 Å². The maximum absolute atomic E-state index is 12.5. The van der Waals surface area contributed by atoms with Gasteiger partial charge in [0.15, 0.2) is 6.61 Å². The predicted molar refractivity (Wildman–Crippen MR) is 104 cm³/mol. The fraction of sp³-hybridized carbons (Fsp3) is 0.238. The van der Waals surface area contributed by atoms with E-state index in [2.05, 4.69) is 10.1 Å². The first-order chi connectivity index (χ1) is 14.0. The van der Waals surface area contributed by atoms with E-state index in [9.17, 15) is 19.2 Å². The molecule has 8 nitrogen and oxygen atoms in total. The highest BCUT2D eigenvalue weighted by molar-refractivity contribution is 5.97. The van der Waals surface area contributed by atoms with Gasteiger partial charge in [-0.3, -0.25) is 14.9 Å². The Morgan fingerprint density at radius 2 is 1.52 bits per heavy atom. The van der Waals surface area contributed by atoms with Crippen LogP contribution in [-0.4, -0.2) is 43.1 Å². The predicted octanol–water partition coefficient (Wildman–Crippen LogP) is 1.84. The van der Waals surface area contributed by atoms with Gasteiger partial charge in [0.25, 0.3) is 11.8 Å². The third kappa shape index (κ3) is 7.45. The van der Waals surface area contributed by atoms with Gasteiger partial charge in [0, 0.05) is 12.0 Å². The molecule has 2 N–H and O–H groups in total. The van der Waals surface area contributed by atoms with Crippen LogP contribution in [0.25, 0.3) is 0 Å². The molecule has 0 aliphatic rings. The van der Waals surface area contributed by atoms with Crippen molar-refractivity contribution in [1.82, 2.24) is 10.6 Å². The number of carbonyl (C=O) groups excluding carboxylic acids is 4. The number of ether oxygens (including phenoxy) is 2. The molecule has 2 aromatic carbocycles. The highest BCUT2D eigenvalue weighted by Crippen LogP contribution is 2.07. The summed E-state index contributed by atoms with van der Waals surface area (Å²) in [5.74, 6) is -2.07. The lowest BCUT2D eigenvalue weighted by atomic mass is 10.1. The molecule has 0 bridgehead atoms. The molecule has 0 aliphatic carbocycles. The van der Waals surface area contributed by atoms with Crippen LogP contribution in [0.3, 0.4) is 0 Å². The second-order valence-electron chi connectivity index (χ2n) is 5.96. The van der Waals surface area contributed by atoms with Gasteiger partial charge < -0.3 is 14.8 Å². The molecule has 2 aromatic rings. The second kappa shape index (κ2) is 11.2. The fourth-order valence-corrected chi connectivity index (χ4v) is 2.43. The molecule has 0 aromatic heterocycles. The van der Waals surface area contributed by atoms with Gasteiger partial charge in [-0.1, -0.05) is 48.5 Å². The molecule has 29 heavy (non-hydrogen) atoms. The monoisotopic (exact) mass is 398 g/mol. The molecular weight excluding hydrogens is 376 g/mol. The average molecular weight is 398 g/mol. The third-order valence-electron chi connectivity index (χ3n) is 3.77. The van der Waals surface area contributed by atoms with Gasteiger partial charge in [-0.25, -0.2) is 9.59 Å². The number of nitrogens with one attached hydrogen (secondary N) is 2. The molecule has 0 spiro atoms. The molecule has 152 valence electrons. The number of imide groups is 1. The van der Waals surface area contributed by atoms with Crippen LogP contribution in [0.5, 0.6) is 0 Å². The smallest absolute Gasteiger partial charge is 0.413 e. The Kier molecular flexibility index (Phi) is 8.37. The van der Waals surface area contributed by atoms with Crippen molar-refractivity contribution in [2.24, 2.45) is 0 Å². The van der Waals surface area contributed by atoms with E-state index in [1.807, 2.05) is 35.6 Å². The molecule has 0 aliphatic heterocycles. The van der Waals surface area contributed by atoms with Crippen LogP contribution >= 0.6 is 0 Å². The summed E-state index contributed by atoms with van der Waals surface area (Å²) in [5, 5.41) is 4.56. The lowest BCUT2D eigenvalue weighted by molar-refractivity contribution is -0.150. The SMILES string of the molecule is CCOC(=O)NC(=O)COC(=O)[C@@H](Cc1ccccc1)NC(=O)c1ccccc1. The number of carbonyl (C=O) groups is 4. The Hall–Kier alpha value is -3.68. The van der Waals surface area contributed by atoms with Gasteiger partial charge >= 0.3 is 12.1 Å². The van der Waals surface area contributed by atoms with Gasteiger partial charge in [-0.15, -0.1) is 0 Å². The molecule has 0 saturated carbocycles. The Morgan fingerprint density at radius 3 is 2.14 bits per heavy atom. The van der Waals surface area contributed by atoms with E-state index < -0.39 is 36.5 Å². The first kappa shape index (κ1) is 21.6. The van der Waals surface area contributed by atoms with Gasteiger partial charge in [-0.05, 0) is 24.6 Å². The summed E-state index contributed by atoms with van der Waals surface area (Å²) in [6.07, 6.45) is -0.746. The minimum Gasteiger partial charge on any atom is -0.454 e. The quantitative estimate of drug-likeness (QED) is 0.657. The third-order valence-corrected chi connectivity index (χ3v) is 3.77. The number of esters is 1. The molecule has 0 heterocycles. The van der Waals surface area contributed by atoms with Crippen molar-refractivity contribution in [1.29, 1.82) is 0 Å². The van der Waals surface area contributed by atoms with Gasteiger partial charge in [0.05, 0.1) is 6.61 Å². The number of rotatable bonds is 8. The number of amides is 3. The first-order valence-corrected chi connectivity index (χ1v) is 9.02. The lowest BCUT2D eigenvalue weighted by Crippen LogP contribution is -2.44. The summed E-state index contributed by atoms with van der Waals surface area (Å²) < 4.78 is 9.56. The van der Waals surface area contributed by atoms with Crippen molar-refractivity contribution in [3.05, 3.63) is 71.8 Å². The highest BCUT2D eigenvalue weighted by Gasteiger charge is 2.24. The van der Waals surface area contributed by atoms with Crippen LogP contribution in [0.4, 0.5) is 4.79 Å². The van der Waals surface area contributed by atoms with E-state index in [0.717, 1.165) is 5.56 Å². The standard InChI is InChI=1S/C21H22N2O6/c1-2-28-21(27)23-18(24)14-29-20(26)17(13-15-9-5-3-6-10-15)22-19(25)16-11-7-4-8-12-16/h3-12,17H,2,13-14H2,1H3,(H,22,25)(H,23,24,27)/t17-/m1/s1. The molecule has 3 amide bonds. The van der Waals surface area contributed by atoms with Crippen molar-refractivity contribution < 1.29 is 28.7 Å². The molecule has 1 atom stereocenters. The van der Waals surface area contributed by atoms with E-state index in [-0.39, 0.29) is 13.0 Å². The average Bonchev–Trinajstić information content (AvgIpc) is 2.73. The number of hydrogen-bond donors (Lipinski definition) is 2.